The highest BCUT2D eigenvalue weighted by Gasteiger charge is 2.39. The molecule has 0 bridgehead atoms. The van der Waals surface area contributed by atoms with Gasteiger partial charge in [-0.1, -0.05) is 0 Å². The van der Waals surface area contributed by atoms with Crippen molar-refractivity contribution in [3.63, 3.8) is 0 Å². The lowest BCUT2D eigenvalue weighted by Gasteiger charge is -2.37. The predicted octanol–water partition coefficient (Wildman–Crippen LogP) is 3.91. The monoisotopic (exact) mass is 435 g/mol. The molecule has 166 valence electrons. The maximum atomic E-state index is 13.0. The van der Waals surface area contributed by atoms with E-state index in [1.807, 2.05) is 4.90 Å². The van der Waals surface area contributed by atoms with Gasteiger partial charge >= 0.3 is 6.18 Å². The molecular weight excluding hydrogens is 411 g/mol. The van der Waals surface area contributed by atoms with E-state index in [-0.39, 0.29) is 23.6 Å². The number of benzene rings is 1. The molecule has 1 amide bonds. The van der Waals surface area contributed by atoms with E-state index in [1.54, 1.807) is 13.0 Å². The Labute approximate surface area is 178 Å². The number of aryl methyl sites for hydroxylation is 1. The van der Waals surface area contributed by atoms with E-state index in [0.29, 0.717) is 35.5 Å². The van der Waals surface area contributed by atoms with Crippen molar-refractivity contribution in [1.29, 1.82) is 0 Å². The van der Waals surface area contributed by atoms with Gasteiger partial charge in [-0.2, -0.15) is 18.3 Å². The van der Waals surface area contributed by atoms with Crippen LogP contribution in [0.15, 0.2) is 24.3 Å². The molecule has 2 aromatic rings. The van der Waals surface area contributed by atoms with E-state index < -0.39 is 17.8 Å². The van der Waals surface area contributed by atoms with Gasteiger partial charge in [-0.05, 0) is 56.0 Å². The smallest absolute Gasteiger partial charge is 0.416 e. The third kappa shape index (κ3) is 4.11. The quantitative estimate of drug-likeness (QED) is 0.788. The number of nitrogens with zero attached hydrogens (tertiary/aromatic N) is 3. The SMILES string of the molecule is COc1cc(C(F)(F)F)ccc1-c1nnc(C(O)[C@@H]2CC[C@H]3CCC(=O)N3C2)cc1C. The van der Waals surface area contributed by atoms with Crippen molar-refractivity contribution in [1.82, 2.24) is 15.1 Å². The van der Waals surface area contributed by atoms with Gasteiger partial charge < -0.3 is 14.7 Å². The van der Waals surface area contributed by atoms with Crippen LogP contribution in [0.2, 0.25) is 0 Å². The fourth-order valence-electron chi connectivity index (χ4n) is 4.57. The largest absolute Gasteiger partial charge is 0.496 e. The summed E-state index contributed by atoms with van der Waals surface area (Å²) in [5.74, 6) is 0.0544. The van der Waals surface area contributed by atoms with Crippen molar-refractivity contribution < 1.29 is 27.8 Å². The minimum atomic E-state index is -4.48. The van der Waals surface area contributed by atoms with Crippen LogP contribution in [0, 0.1) is 12.8 Å². The normalized spacial score (nSPS) is 22.4. The summed E-state index contributed by atoms with van der Waals surface area (Å²) in [7, 11) is 1.30. The number of piperidine rings is 1. The Morgan fingerprint density at radius 3 is 2.65 bits per heavy atom. The first-order valence-corrected chi connectivity index (χ1v) is 10.3. The average molecular weight is 435 g/mol. The van der Waals surface area contributed by atoms with E-state index in [4.69, 9.17) is 4.74 Å². The average Bonchev–Trinajstić information content (AvgIpc) is 3.12. The van der Waals surface area contributed by atoms with E-state index in [1.165, 1.54) is 13.2 Å². The molecule has 6 nitrogen and oxygen atoms in total. The summed E-state index contributed by atoms with van der Waals surface area (Å²) in [6.45, 7) is 2.26. The van der Waals surface area contributed by atoms with Crippen molar-refractivity contribution in [2.24, 2.45) is 5.92 Å². The van der Waals surface area contributed by atoms with E-state index in [9.17, 15) is 23.1 Å². The second-order valence-electron chi connectivity index (χ2n) is 8.23. The summed E-state index contributed by atoms with van der Waals surface area (Å²) in [5, 5.41) is 19.2. The number of aliphatic hydroxyl groups excluding tert-OH is 1. The number of aromatic nitrogens is 2. The topological polar surface area (TPSA) is 75.5 Å². The summed E-state index contributed by atoms with van der Waals surface area (Å²) >= 11 is 0. The van der Waals surface area contributed by atoms with Gasteiger partial charge in [0, 0.05) is 30.5 Å². The summed E-state index contributed by atoms with van der Waals surface area (Å²) in [5.41, 5.74) is 1.03. The number of fused-ring (bicyclic) bond motifs is 1. The van der Waals surface area contributed by atoms with Crippen LogP contribution in [0.4, 0.5) is 13.2 Å². The second kappa shape index (κ2) is 8.11. The zero-order chi connectivity index (χ0) is 22.3. The minimum Gasteiger partial charge on any atom is -0.496 e. The molecule has 3 atom stereocenters. The minimum absolute atomic E-state index is 0.0476. The fraction of sp³-hybridized carbons (Fsp3) is 0.500. The molecule has 3 heterocycles. The predicted molar refractivity (Wildman–Crippen MR) is 106 cm³/mol. The highest BCUT2D eigenvalue weighted by atomic mass is 19.4. The first-order chi connectivity index (χ1) is 14.7. The van der Waals surface area contributed by atoms with Crippen molar-refractivity contribution in [3.05, 3.63) is 41.1 Å². The Morgan fingerprint density at radius 1 is 1.19 bits per heavy atom. The van der Waals surface area contributed by atoms with Crippen LogP contribution in [-0.2, 0) is 11.0 Å². The molecular formula is C22H24F3N3O3. The highest BCUT2D eigenvalue weighted by molar-refractivity contribution is 5.79. The van der Waals surface area contributed by atoms with Gasteiger partial charge in [-0.15, -0.1) is 5.10 Å². The Hall–Kier alpha value is -2.68. The van der Waals surface area contributed by atoms with Crippen LogP contribution in [0.3, 0.4) is 0 Å². The van der Waals surface area contributed by atoms with Crippen LogP contribution < -0.4 is 4.74 Å². The van der Waals surface area contributed by atoms with Gasteiger partial charge in [-0.3, -0.25) is 4.79 Å². The van der Waals surface area contributed by atoms with Crippen LogP contribution in [-0.4, -0.2) is 45.8 Å². The third-order valence-corrected chi connectivity index (χ3v) is 6.29. The maximum Gasteiger partial charge on any atom is 0.416 e. The summed E-state index contributed by atoms with van der Waals surface area (Å²) < 4.78 is 44.2. The molecule has 9 heteroatoms. The van der Waals surface area contributed by atoms with Crippen molar-refractivity contribution in [3.8, 4) is 17.0 Å². The number of hydrogen-bond acceptors (Lipinski definition) is 5. The zero-order valence-corrected chi connectivity index (χ0v) is 17.3. The molecule has 1 aromatic heterocycles. The number of methoxy groups -OCH3 is 1. The second-order valence-corrected chi connectivity index (χ2v) is 8.23. The van der Waals surface area contributed by atoms with Crippen molar-refractivity contribution in [2.75, 3.05) is 13.7 Å². The lowest BCUT2D eigenvalue weighted by atomic mass is 9.87. The molecule has 1 N–H and O–H groups in total. The lowest BCUT2D eigenvalue weighted by Crippen LogP contribution is -2.43. The highest BCUT2D eigenvalue weighted by Crippen LogP contribution is 2.39. The van der Waals surface area contributed by atoms with Crippen LogP contribution in [0.1, 0.15) is 48.6 Å². The molecule has 2 saturated heterocycles. The molecule has 0 saturated carbocycles. The van der Waals surface area contributed by atoms with Crippen molar-refractivity contribution >= 4 is 5.91 Å². The Morgan fingerprint density at radius 2 is 1.97 bits per heavy atom. The fourth-order valence-corrected chi connectivity index (χ4v) is 4.57. The first kappa shape index (κ1) is 21.5. The number of rotatable bonds is 4. The summed E-state index contributed by atoms with van der Waals surface area (Å²) in [6, 6.07) is 5.20. The number of aliphatic hydroxyl groups is 1. The van der Waals surface area contributed by atoms with Crippen LogP contribution >= 0.6 is 0 Å². The van der Waals surface area contributed by atoms with Gasteiger partial charge in [0.05, 0.1) is 24.1 Å². The molecule has 0 radical (unpaired) electrons. The molecule has 1 aromatic carbocycles. The van der Waals surface area contributed by atoms with Gasteiger partial charge in [0.2, 0.25) is 5.91 Å². The number of carbonyl (C=O) groups excluding carboxylic acids is 1. The van der Waals surface area contributed by atoms with Gasteiger partial charge in [0.15, 0.2) is 0 Å². The Bertz CT molecular complexity index is 996. The molecule has 0 spiro atoms. The standard InChI is InChI=1S/C22H24F3N3O3/c1-12-9-17(21(30)13-3-5-15-6-8-19(29)28(15)11-13)26-27-20(12)16-7-4-14(22(23,24)25)10-18(16)31-2/h4,7,9-10,13,15,21,30H,3,5-6,8,11H2,1-2H3/t13-,15+,21?/m1/s1. The summed E-state index contributed by atoms with van der Waals surface area (Å²) in [6.07, 6.45) is -2.24. The number of alkyl halides is 3. The molecule has 4 rings (SSSR count). The molecule has 0 aliphatic carbocycles. The van der Waals surface area contributed by atoms with Crippen molar-refractivity contribution in [2.45, 2.75) is 50.9 Å². The number of carbonyl (C=O) groups is 1. The Balaban J connectivity index is 1.58. The van der Waals surface area contributed by atoms with Gasteiger partial charge in [0.1, 0.15) is 11.9 Å². The Kier molecular flexibility index (Phi) is 5.63. The van der Waals surface area contributed by atoms with Crippen LogP contribution in [0.5, 0.6) is 5.75 Å². The van der Waals surface area contributed by atoms with Gasteiger partial charge in [0.25, 0.3) is 0 Å². The molecule has 31 heavy (non-hydrogen) atoms. The first-order valence-electron chi connectivity index (χ1n) is 10.3. The number of ether oxygens (including phenoxy) is 1. The molecule has 2 fully saturated rings. The van der Waals surface area contributed by atoms with Gasteiger partial charge in [-0.25, -0.2) is 0 Å². The maximum absolute atomic E-state index is 13.0. The summed E-state index contributed by atoms with van der Waals surface area (Å²) in [4.78, 5) is 13.9. The number of amides is 1. The van der Waals surface area contributed by atoms with E-state index in [2.05, 4.69) is 10.2 Å². The van der Waals surface area contributed by atoms with E-state index >= 15 is 0 Å². The molecule has 1 unspecified atom stereocenters. The third-order valence-electron chi connectivity index (χ3n) is 6.29. The molecule has 2 aliphatic rings. The zero-order valence-electron chi connectivity index (χ0n) is 17.3. The van der Waals surface area contributed by atoms with E-state index in [0.717, 1.165) is 31.4 Å². The molecule has 2 aliphatic heterocycles. The number of halogens is 3. The van der Waals surface area contributed by atoms with Crippen LogP contribution in [0.25, 0.3) is 11.3 Å². The number of hydrogen-bond donors (Lipinski definition) is 1. The lowest BCUT2D eigenvalue weighted by molar-refractivity contribution is -0.137.